The van der Waals surface area contributed by atoms with Gasteiger partial charge in [-0.3, -0.25) is 14.5 Å². The Bertz CT molecular complexity index is 1480. The monoisotopic (exact) mass is 517 g/mol. The standard InChI is InChI=1S/C29H31N3O6/c1-16(2)12-31-13-19-26(18-9-10-23(36-4)24(11-18)38-15-25(34)37-5)28-21(14-32(17(3)33)29(28)35)30-20-7-6-8-22(31)27(19)20/h6-11,13,16,26,30H,12,14-15H2,1-5H3/t26-/m1/s1. The molecule has 0 bridgehead atoms. The SMILES string of the molecule is COC(=O)COc1cc([C@H]2C3=C(CN(C(C)=O)C3=O)Nc3cccc4c3c2cn4CC(C)C)ccc1OC. The van der Waals surface area contributed by atoms with Crippen LogP contribution in [0, 0.1) is 5.92 Å². The molecule has 0 saturated carbocycles. The van der Waals surface area contributed by atoms with Crippen molar-refractivity contribution in [1.82, 2.24) is 9.47 Å². The molecule has 0 fully saturated rings. The highest BCUT2D eigenvalue weighted by molar-refractivity contribution is 6.11. The van der Waals surface area contributed by atoms with Gasteiger partial charge in [0, 0.05) is 42.4 Å². The fraction of sp³-hybridized carbons (Fsp3) is 0.345. The maximum absolute atomic E-state index is 13.7. The Balaban J connectivity index is 1.73. The third-order valence-corrected chi connectivity index (χ3v) is 6.97. The van der Waals surface area contributed by atoms with E-state index in [2.05, 4.69) is 36.0 Å². The summed E-state index contributed by atoms with van der Waals surface area (Å²) < 4.78 is 18.2. The van der Waals surface area contributed by atoms with Crippen LogP contribution in [0.25, 0.3) is 10.9 Å². The highest BCUT2D eigenvalue weighted by atomic mass is 16.6. The van der Waals surface area contributed by atoms with E-state index in [0.717, 1.165) is 34.3 Å². The predicted molar refractivity (Wildman–Crippen MR) is 142 cm³/mol. The van der Waals surface area contributed by atoms with Crippen LogP contribution in [0.5, 0.6) is 11.5 Å². The van der Waals surface area contributed by atoms with Crippen LogP contribution in [0.15, 0.2) is 53.9 Å². The number of aromatic nitrogens is 1. The first-order valence-electron chi connectivity index (χ1n) is 12.5. The van der Waals surface area contributed by atoms with Gasteiger partial charge in [0.1, 0.15) is 0 Å². The summed E-state index contributed by atoms with van der Waals surface area (Å²) in [7, 11) is 2.82. The van der Waals surface area contributed by atoms with Crippen LogP contribution in [-0.4, -0.2) is 54.6 Å². The second kappa shape index (κ2) is 9.89. The minimum atomic E-state index is -0.523. The quantitative estimate of drug-likeness (QED) is 0.472. The molecule has 38 heavy (non-hydrogen) atoms. The Hall–Kier alpha value is -4.27. The van der Waals surface area contributed by atoms with E-state index in [-0.39, 0.29) is 25.0 Å². The molecule has 1 aromatic heterocycles. The first-order valence-corrected chi connectivity index (χ1v) is 12.5. The predicted octanol–water partition coefficient (Wildman–Crippen LogP) is 4.06. The summed E-state index contributed by atoms with van der Waals surface area (Å²) in [5.74, 6) is -0.427. The smallest absolute Gasteiger partial charge is 0.343 e. The maximum atomic E-state index is 13.7. The lowest BCUT2D eigenvalue weighted by Crippen LogP contribution is -2.33. The van der Waals surface area contributed by atoms with Crippen molar-refractivity contribution in [2.45, 2.75) is 33.2 Å². The number of rotatable bonds is 7. The van der Waals surface area contributed by atoms with Crippen LogP contribution < -0.4 is 14.8 Å². The second-order valence-electron chi connectivity index (χ2n) is 9.97. The van der Waals surface area contributed by atoms with Gasteiger partial charge in [-0.15, -0.1) is 0 Å². The van der Waals surface area contributed by atoms with Gasteiger partial charge in [-0.25, -0.2) is 4.79 Å². The largest absolute Gasteiger partial charge is 0.493 e. The molecule has 9 nitrogen and oxygen atoms in total. The number of nitrogens with one attached hydrogen (secondary N) is 1. The molecule has 1 atom stereocenters. The number of methoxy groups -OCH3 is 2. The topological polar surface area (TPSA) is 99.1 Å². The normalized spacial score (nSPS) is 16.4. The summed E-state index contributed by atoms with van der Waals surface area (Å²) in [6, 6.07) is 11.5. The maximum Gasteiger partial charge on any atom is 0.343 e. The summed E-state index contributed by atoms with van der Waals surface area (Å²) in [5, 5.41) is 4.52. The van der Waals surface area contributed by atoms with E-state index in [1.54, 1.807) is 12.1 Å². The fourth-order valence-electron chi connectivity index (χ4n) is 5.35. The van der Waals surface area contributed by atoms with Crippen molar-refractivity contribution in [1.29, 1.82) is 0 Å². The van der Waals surface area contributed by atoms with Crippen LogP contribution >= 0.6 is 0 Å². The van der Waals surface area contributed by atoms with Gasteiger partial charge in [-0.2, -0.15) is 0 Å². The Morgan fingerprint density at radius 2 is 1.92 bits per heavy atom. The molecule has 3 aromatic rings. The molecule has 9 heteroatoms. The lowest BCUT2D eigenvalue weighted by atomic mass is 9.84. The number of ether oxygens (including phenoxy) is 3. The van der Waals surface area contributed by atoms with E-state index >= 15 is 0 Å². The van der Waals surface area contributed by atoms with Crippen molar-refractivity contribution in [2.75, 3.05) is 32.7 Å². The van der Waals surface area contributed by atoms with Crippen molar-refractivity contribution in [3.8, 4) is 11.5 Å². The van der Waals surface area contributed by atoms with Gasteiger partial charge in [-0.05, 0) is 41.3 Å². The molecule has 0 saturated heterocycles. The van der Waals surface area contributed by atoms with Gasteiger partial charge < -0.3 is 24.1 Å². The number of hydrogen-bond acceptors (Lipinski definition) is 7. The third-order valence-electron chi connectivity index (χ3n) is 6.97. The molecule has 2 aliphatic rings. The first-order chi connectivity index (χ1) is 18.2. The Labute approximate surface area is 220 Å². The lowest BCUT2D eigenvalue weighted by Gasteiger charge is -2.21. The highest BCUT2D eigenvalue weighted by Gasteiger charge is 2.42. The number of imide groups is 1. The minimum absolute atomic E-state index is 0.175. The molecule has 2 aromatic carbocycles. The van der Waals surface area contributed by atoms with Crippen molar-refractivity contribution in [2.24, 2.45) is 5.92 Å². The van der Waals surface area contributed by atoms with Gasteiger partial charge in [0.05, 0.1) is 31.9 Å². The molecule has 2 aliphatic heterocycles. The zero-order valence-corrected chi connectivity index (χ0v) is 22.2. The van der Waals surface area contributed by atoms with Crippen LogP contribution in [0.4, 0.5) is 5.69 Å². The number of benzene rings is 2. The average Bonchev–Trinajstić information content (AvgIpc) is 3.36. The summed E-state index contributed by atoms with van der Waals surface area (Å²) in [5.41, 5.74) is 4.90. The van der Waals surface area contributed by atoms with Gasteiger partial charge in [0.25, 0.3) is 5.91 Å². The molecule has 0 spiro atoms. The average molecular weight is 518 g/mol. The first kappa shape index (κ1) is 25.4. The van der Waals surface area contributed by atoms with Gasteiger partial charge in [0.2, 0.25) is 5.91 Å². The zero-order chi connectivity index (χ0) is 27.1. The van der Waals surface area contributed by atoms with E-state index in [9.17, 15) is 14.4 Å². The number of hydrogen-bond donors (Lipinski definition) is 1. The molecule has 0 unspecified atom stereocenters. The van der Waals surface area contributed by atoms with Crippen LogP contribution in [0.2, 0.25) is 0 Å². The lowest BCUT2D eigenvalue weighted by molar-refractivity contribution is -0.143. The Kier molecular flexibility index (Phi) is 6.60. The molecule has 2 amide bonds. The third kappa shape index (κ3) is 4.27. The van der Waals surface area contributed by atoms with Crippen LogP contribution in [-0.2, 0) is 25.7 Å². The van der Waals surface area contributed by atoms with E-state index in [4.69, 9.17) is 14.2 Å². The van der Waals surface area contributed by atoms with E-state index in [1.165, 1.54) is 26.0 Å². The molecular weight excluding hydrogens is 486 g/mol. The molecule has 0 radical (unpaired) electrons. The van der Waals surface area contributed by atoms with E-state index < -0.39 is 11.9 Å². The van der Waals surface area contributed by atoms with Crippen molar-refractivity contribution in [3.05, 3.63) is 65.0 Å². The van der Waals surface area contributed by atoms with E-state index in [1.807, 2.05) is 18.2 Å². The number of nitrogens with zero attached hydrogens (tertiary/aromatic N) is 2. The number of amides is 2. The molecule has 0 aliphatic carbocycles. The van der Waals surface area contributed by atoms with Gasteiger partial charge >= 0.3 is 5.97 Å². The molecule has 5 rings (SSSR count). The number of carbonyl (C=O) groups excluding carboxylic acids is 3. The molecule has 198 valence electrons. The van der Waals surface area contributed by atoms with Crippen molar-refractivity contribution in [3.63, 3.8) is 0 Å². The summed E-state index contributed by atoms with van der Waals surface area (Å²) in [4.78, 5) is 39.1. The van der Waals surface area contributed by atoms with Gasteiger partial charge in [0.15, 0.2) is 18.1 Å². The summed E-state index contributed by atoms with van der Waals surface area (Å²) in [6.07, 6.45) is 2.11. The van der Waals surface area contributed by atoms with Crippen LogP contribution in [0.3, 0.4) is 0 Å². The van der Waals surface area contributed by atoms with Crippen molar-refractivity contribution >= 4 is 34.4 Å². The highest BCUT2D eigenvalue weighted by Crippen LogP contribution is 2.47. The van der Waals surface area contributed by atoms with Crippen LogP contribution in [0.1, 0.15) is 37.8 Å². The van der Waals surface area contributed by atoms with Crippen molar-refractivity contribution < 1.29 is 28.6 Å². The fourth-order valence-corrected chi connectivity index (χ4v) is 5.35. The zero-order valence-electron chi connectivity index (χ0n) is 22.2. The molecular formula is C29H31N3O6. The number of esters is 1. The molecule has 3 heterocycles. The second-order valence-corrected chi connectivity index (χ2v) is 9.97. The summed E-state index contributed by atoms with van der Waals surface area (Å²) in [6.45, 7) is 6.42. The van der Waals surface area contributed by atoms with E-state index in [0.29, 0.717) is 28.7 Å². The van der Waals surface area contributed by atoms with Gasteiger partial charge in [-0.1, -0.05) is 26.0 Å². The Morgan fingerprint density at radius 1 is 1.13 bits per heavy atom. The summed E-state index contributed by atoms with van der Waals surface area (Å²) >= 11 is 0. The minimum Gasteiger partial charge on any atom is -0.493 e. The Morgan fingerprint density at radius 3 is 2.61 bits per heavy atom. The number of anilines is 1. The number of carbonyl (C=O) groups is 3. The molecule has 1 N–H and O–H groups in total.